The van der Waals surface area contributed by atoms with Gasteiger partial charge in [-0.2, -0.15) is 0 Å². The molecule has 0 heterocycles. The average molecular weight is 160 g/mol. The molecule has 0 saturated carbocycles. The van der Waals surface area contributed by atoms with Crippen LogP contribution in [-0.2, 0) is 30.2 Å². The van der Waals surface area contributed by atoms with E-state index in [1.54, 1.807) is 0 Å². The third kappa shape index (κ3) is 18.9. The van der Waals surface area contributed by atoms with Gasteiger partial charge in [-0.05, 0) is 0 Å². The zero-order chi connectivity index (χ0) is 2.71. The van der Waals surface area contributed by atoms with Crippen LogP contribution in [0.15, 0.2) is 0 Å². The van der Waals surface area contributed by atoms with Crippen molar-refractivity contribution in [3.8, 4) is 0 Å². The van der Waals surface area contributed by atoms with Crippen LogP contribution in [0.3, 0.4) is 0 Å². The van der Waals surface area contributed by atoms with Crippen molar-refractivity contribution in [2.75, 3.05) is 0 Å². The predicted molar refractivity (Wildman–Crippen MR) is 9.69 cm³/mol. The largest absolute Gasteiger partial charge is 0.303 e. The Kier molecular flexibility index (Phi) is 21.0. The van der Waals surface area contributed by atoms with Crippen LogP contribution in [0.1, 0.15) is 0 Å². The first-order valence-corrected chi connectivity index (χ1v) is 1.22. The monoisotopic (exact) mass is 162 g/mol. The average Bonchev–Trinajstić information content (AvgIpc) is 0.918. The molecule has 0 radical (unpaired) electrons. The topological polar surface area (TPSA) is 34.1 Å². The summed E-state index contributed by atoms with van der Waals surface area (Å²) in [4.78, 5) is 0. The molecule has 0 aliphatic carbocycles. The van der Waals surface area contributed by atoms with Gasteiger partial charge in [0.15, 0.2) is 0 Å². The Morgan fingerprint density at radius 1 is 1.25 bits per heavy atom. The summed E-state index contributed by atoms with van der Waals surface area (Å²) in [7, 11) is -1.42. The second kappa shape index (κ2) is 9.53. The van der Waals surface area contributed by atoms with Gasteiger partial charge in [0.2, 0.25) is 0 Å². The molecule has 0 unspecified atom stereocenters. The van der Waals surface area contributed by atoms with E-state index < -0.39 is 8.34 Å². The Hall–Kier alpha value is 0.588. The standard InChI is InChI=1S/Mo.HO2P/c;1-3-2/h;3H. The van der Waals surface area contributed by atoms with E-state index in [2.05, 4.69) is 0 Å². The molecule has 4 heavy (non-hydrogen) atoms. The van der Waals surface area contributed by atoms with E-state index >= 15 is 0 Å². The van der Waals surface area contributed by atoms with Crippen molar-refractivity contribution < 1.29 is 30.2 Å². The quantitative estimate of drug-likeness (QED) is 0.378. The summed E-state index contributed by atoms with van der Waals surface area (Å²) in [5.74, 6) is 0. The first kappa shape index (κ1) is 8.82. The molecule has 2 nitrogen and oxygen atoms in total. The molecule has 0 aliphatic heterocycles. The van der Waals surface area contributed by atoms with Gasteiger partial charge in [-0.15, -0.1) is 0 Å². The number of hydrogen-bond acceptors (Lipinski definition) is 2. The van der Waals surface area contributed by atoms with Crippen LogP contribution in [0.2, 0.25) is 0 Å². The summed E-state index contributed by atoms with van der Waals surface area (Å²) in [6.45, 7) is 0. The third-order valence-corrected chi connectivity index (χ3v) is 0. The Morgan fingerprint density at radius 3 is 1.25 bits per heavy atom. The SMILES string of the molecule is O=[PH]=O.[Mo]. The molecule has 4 heteroatoms. The fourth-order valence-electron chi connectivity index (χ4n) is 0. The Bertz CT molecular complexity index is 27.0. The van der Waals surface area contributed by atoms with Crippen LogP contribution in [-0.4, -0.2) is 0 Å². The smallest absolute Gasteiger partial charge is 0.241 e. The minimum atomic E-state index is -1.42. The molecule has 0 amide bonds. The van der Waals surface area contributed by atoms with Crippen LogP contribution in [0.25, 0.3) is 0 Å². The van der Waals surface area contributed by atoms with Gasteiger partial charge in [0, 0.05) is 21.1 Å². The molecule has 0 rings (SSSR count). The van der Waals surface area contributed by atoms with Crippen LogP contribution >= 0.6 is 8.34 Å². The Balaban J connectivity index is 0. The molecule has 0 bridgehead atoms. The third-order valence-electron chi connectivity index (χ3n) is 0. The summed E-state index contributed by atoms with van der Waals surface area (Å²) in [5, 5.41) is 0. The minimum absolute atomic E-state index is 0. The number of hydrogen-bond donors (Lipinski definition) is 0. The van der Waals surface area contributed by atoms with Crippen LogP contribution in [0.5, 0.6) is 0 Å². The molecule has 0 aliphatic rings. The molecule has 0 aromatic carbocycles. The zero-order valence-corrected chi connectivity index (χ0v) is 4.73. The van der Waals surface area contributed by atoms with Crippen molar-refractivity contribution >= 4 is 8.34 Å². The Morgan fingerprint density at radius 2 is 1.25 bits per heavy atom. The van der Waals surface area contributed by atoms with Gasteiger partial charge in [0.25, 0.3) is 0 Å². The van der Waals surface area contributed by atoms with Crippen molar-refractivity contribution in [2.45, 2.75) is 0 Å². The van der Waals surface area contributed by atoms with Gasteiger partial charge in [-0.3, -0.25) is 0 Å². The molecule has 0 aromatic heterocycles. The van der Waals surface area contributed by atoms with E-state index in [4.69, 9.17) is 9.13 Å². The molecule has 0 saturated heterocycles. The van der Waals surface area contributed by atoms with Gasteiger partial charge in [-0.1, -0.05) is 0 Å². The molecule has 0 fully saturated rings. The Labute approximate surface area is 39.1 Å². The van der Waals surface area contributed by atoms with Gasteiger partial charge < -0.3 is 0 Å². The van der Waals surface area contributed by atoms with Crippen LogP contribution in [0.4, 0.5) is 0 Å². The van der Waals surface area contributed by atoms with Crippen molar-refractivity contribution in [3.63, 3.8) is 0 Å². The number of rotatable bonds is 0. The van der Waals surface area contributed by atoms with Gasteiger partial charge in [0.05, 0.1) is 0 Å². The van der Waals surface area contributed by atoms with E-state index in [1.165, 1.54) is 0 Å². The molecule has 0 atom stereocenters. The first-order chi connectivity index (χ1) is 1.41. The first-order valence-electron chi connectivity index (χ1n) is 0.408. The second-order valence-electron chi connectivity index (χ2n) is 0.0833. The van der Waals surface area contributed by atoms with Crippen molar-refractivity contribution in [3.05, 3.63) is 0 Å². The van der Waals surface area contributed by atoms with E-state index in [0.29, 0.717) is 0 Å². The zero-order valence-electron chi connectivity index (χ0n) is 1.72. The van der Waals surface area contributed by atoms with E-state index in [0.717, 1.165) is 0 Å². The van der Waals surface area contributed by atoms with Crippen molar-refractivity contribution in [1.82, 2.24) is 0 Å². The van der Waals surface area contributed by atoms with E-state index in [9.17, 15) is 0 Å². The summed E-state index contributed by atoms with van der Waals surface area (Å²) < 4.78 is 16.8. The van der Waals surface area contributed by atoms with Gasteiger partial charge >= 0.3 is 8.34 Å². The summed E-state index contributed by atoms with van der Waals surface area (Å²) in [6.07, 6.45) is 0. The fraction of sp³-hybridized carbons (Fsp3) is 0. The van der Waals surface area contributed by atoms with Crippen molar-refractivity contribution in [1.29, 1.82) is 0 Å². The van der Waals surface area contributed by atoms with Crippen LogP contribution < -0.4 is 0 Å². The molecule has 0 spiro atoms. The maximum atomic E-state index is 8.40. The minimum Gasteiger partial charge on any atom is -0.241 e. The summed E-state index contributed by atoms with van der Waals surface area (Å²) >= 11 is 0. The normalized spacial score (nSPS) is 3.00. The van der Waals surface area contributed by atoms with E-state index in [1.807, 2.05) is 0 Å². The maximum Gasteiger partial charge on any atom is 0.303 e. The van der Waals surface area contributed by atoms with E-state index in [-0.39, 0.29) is 21.1 Å². The summed E-state index contributed by atoms with van der Waals surface area (Å²) in [6, 6.07) is 0. The molecule has 0 N–H and O–H groups in total. The van der Waals surface area contributed by atoms with Gasteiger partial charge in [-0.25, -0.2) is 9.13 Å². The summed E-state index contributed by atoms with van der Waals surface area (Å²) in [5.41, 5.74) is 0. The maximum absolute atomic E-state index is 8.40. The van der Waals surface area contributed by atoms with Gasteiger partial charge in [0.1, 0.15) is 0 Å². The second-order valence-corrected chi connectivity index (χ2v) is 0.250. The fourth-order valence-corrected chi connectivity index (χ4v) is 0. The van der Waals surface area contributed by atoms with Crippen molar-refractivity contribution in [2.24, 2.45) is 0 Å². The van der Waals surface area contributed by atoms with Crippen LogP contribution in [0, 0.1) is 0 Å². The predicted octanol–water partition coefficient (Wildman–Crippen LogP) is 0.353. The molecule has 24 valence electrons. The molecular weight excluding hydrogens is 159 g/mol. The molecule has 0 aromatic rings. The molecular formula is HMoO2P.